The SMILES string of the molecule is CC(C)(C)c1cc([C@H](N)c2ccsc2)c(O)c(C(C)(C)C)c1.Cl. The van der Waals surface area contributed by atoms with Gasteiger partial charge in [-0.15, -0.1) is 12.4 Å². The molecule has 0 bridgehead atoms. The van der Waals surface area contributed by atoms with Crippen molar-refractivity contribution in [2.75, 3.05) is 0 Å². The van der Waals surface area contributed by atoms with Gasteiger partial charge in [0.1, 0.15) is 5.75 Å². The van der Waals surface area contributed by atoms with E-state index in [-0.39, 0.29) is 29.3 Å². The van der Waals surface area contributed by atoms with Crippen molar-refractivity contribution in [3.8, 4) is 5.75 Å². The summed E-state index contributed by atoms with van der Waals surface area (Å²) in [5.74, 6) is 0.333. The van der Waals surface area contributed by atoms with Crippen molar-refractivity contribution in [2.45, 2.75) is 58.4 Å². The van der Waals surface area contributed by atoms with E-state index < -0.39 is 0 Å². The van der Waals surface area contributed by atoms with Gasteiger partial charge in [0, 0.05) is 5.56 Å². The fraction of sp³-hybridized carbons (Fsp3) is 0.474. The third-order valence-corrected chi connectivity index (χ3v) is 4.75. The van der Waals surface area contributed by atoms with Gasteiger partial charge in [0.15, 0.2) is 0 Å². The van der Waals surface area contributed by atoms with Crippen LogP contribution in [0.3, 0.4) is 0 Å². The number of halogens is 1. The molecule has 0 radical (unpaired) electrons. The summed E-state index contributed by atoms with van der Waals surface area (Å²) in [7, 11) is 0. The van der Waals surface area contributed by atoms with Crippen molar-refractivity contribution in [2.24, 2.45) is 5.73 Å². The van der Waals surface area contributed by atoms with E-state index in [1.165, 1.54) is 5.56 Å². The Labute approximate surface area is 150 Å². The lowest BCUT2D eigenvalue weighted by atomic mass is 9.78. The highest BCUT2D eigenvalue weighted by Gasteiger charge is 2.27. The number of rotatable bonds is 2. The first-order chi connectivity index (χ1) is 10.0. The third-order valence-electron chi connectivity index (χ3n) is 4.05. The molecule has 2 rings (SSSR count). The summed E-state index contributed by atoms with van der Waals surface area (Å²) < 4.78 is 0. The van der Waals surface area contributed by atoms with Crippen LogP contribution in [0.2, 0.25) is 0 Å². The number of phenols is 1. The van der Waals surface area contributed by atoms with Gasteiger partial charge in [0.05, 0.1) is 6.04 Å². The largest absolute Gasteiger partial charge is 0.507 e. The molecule has 1 atom stereocenters. The average molecular weight is 354 g/mol. The number of phenolic OH excluding ortho intramolecular Hbond substituents is 1. The van der Waals surface area contributed by atoms with Crippen LogP contribution < -0.4 is 5.73 Å². The molecular weight excluding hydrogens is 326 g/mol. The van der Waals surface area contributed by atoms with Gasteiger partial charge in [-0.1, -0.05) is 47.6 Å². The van der Waals surface area contributed by atoms with Gasteiger partial charge < -0.3 is 10.8 Å². The smallest absolute Gasteiger partial charge is 0.124 e. The Balaban J connectivity index is 0.00000264. The van der Waals surface area contributed by atoms with Crippen LogP contribution in [0.25, 0.3) is 0 Å². The standard InChI is InChI=1S/C19H27NOS.ClH/c1-18(2,3)13-9-14(16(20)12-7-8-22-11-12)17(21)15(10-13)19(4,5)6;/h7-11,16,21H,20H2,1-6H3;1H/t16-;/m1./s1. The van der Waals surface area contributed by atoms with Crippen LogP contribution in [0.5, 0.6) is 5.75 Å². The van der Waals surface area contributed by atoms with Crippen molar-refractivity contribution < 1.29 is 5.11 Å². The van der Waals surface area contributed by atoms with Crippen molar-refractivity contribution in [1.29, 1.82) is 0 Å². The predicted octanol–water partition coefficient (Wildman–Crippen LogP) is 5.52. The zero-order valence-corrected chi connectivity index (χ0v) is 16.4. The fourth-order valence-electron chi connectivity index (χ4n) is 2.53. The zero-order chi connectivity index (χ0) is 16.7. The maximum Gasteiger partial charge on any atom is 0.124 e. The quantitative estimate of drug-likeness (QED) is 0.746. The number of thiophene rings is 1. The van der Waals surface area contributed by atoms with Gasteiger partial charge in [-0.2, -0.15) is 11.3 Å². The minimum absolute atomic E-state index is 0. The van der Waals surface area contributed by atoms with Gasteiger partial charge in [-0.25, -0.2) is 0 Å². The molecule has 0 fully saturated rings. The van der Waals surface area contributed by atoms with E-state index in [2.05, 4.69) is 53.7 Å². The molecule has 0 aliphatic rings. The molecule has 0 saturated carbocycles. The molecule has 128 valence electrons. The molecule has 1 heterocycles. The number of hydrogen-bond acceptors (Lipinski definition) is 3. The van der Waals surface area contributed by atoms with Crippen LogP contribution in [-0.4, -0.2) is 5.11 Å². The minimum Gasteiger partial charge on any atom is -0.507 e. The predicted molar refractivity (Wildman–Crippen MR) is 103 cm³/mol. The van der Waals surface area contributed by atoms with E-state index in [0.29, 0.717) is 5.75 Å². The first-order valence-corrected chi connectivity index (χ1v) is 8.61. The average Bonchev–Trinajstić information content (AvgIpc) is 2.89. The molecule has 4 heteroatoms. The third kappa shape index (κ3) is 4.28. The molecule has 3 N–H and O–H groups in total. The van der Waals surface area contributed by atoms with E-state index >= 15 is 0 Å². The van der Waals surface area contributed by atoms with Gasteiger partial charge in [-0.05, 0) is 50.4 Å². The van der Waals surface area contributed by atoms with E-state index in [9.17, 15) is 5.11 Å². The molecule has 0 aliphatic heterocycles. The molecule has 0 saturated heterocycles. The van der Waals surface area contributed by atoms with Gasteiger partial charge in [-0.3, -0.25) is 0 Å². The normalized spacial score (nSPS) is 13.5. The monoisotopic (exact) mass is 353 g/mol. The van der Waals surface area contributed by atoms with Crippen LogP contribution in [0.4, 0.5) is 0 Å². The number of benzene rings is 1. The molecule has 1 aromatic carbocycles. The van der Waals surface area contributed by atoms with Crippen LogP contribution in [-0.2, 0) is 10.8 Å². The number of nitrogens with two attached hydrogens (primary N) is 1. The highest BCUT2D eigenvalue weighted by molar-refractivity contribution is 7.08. The summed E-state index contributed by atoms with van der Waals surface area (Å²) in [5, 5.41) is 14.9. The van der Waals surface area contributed by atoms with Gasteiger partial charge in [0.25, 0.3) is 0 Å². The molecule has 0 spiro atoms. The second-order valence-corrected chi connectivity index (χ2v) is 8.78. The van der Waals surface area contributed by atoms with Gasteiger partial charge >= 0.3 is 0 Å². The Bertz CT molecular complexity index is 651. The van der Waals surface area contributed by atoms with E-state index in [0.717, 1.165) is 16.7 Å². The molecular formula is C19H28ClNOS. The summed E-state index contributed by atoms with van der Waals surface area (Å²) in [6, 6.07) is 5.91. The van der Waals surface area contributed by atoms with Crippen molar-refractivity contribution >= 4 is 23.7 Å². The van der Waals surface area contributed by atoms with E-state index in [1.807, 2.05) is 16.8 Å². The molecule has 0 unspecified atom stereocenters. The maximum absolute atomic E-state index is 10.8. The lowest BCUT2D eigenvalue weighted by Gasteiger charge is -2.28. The molecule has 2 nitrogen and oxygen atoms in total. The molecule has 23 heavy (non-hydrogen) atoms. The molecule has 0 amide bonds. The topological polar surface area (TPSA) is 46.2 Å². The number of aromatic hydroxyl groups is 1. The van der Waals surface area contributed by atoms with Crippen LogP contribution in [0.15, 0.2) is 29.0 Å². The second kappa shape index (κ2) is 6.84. The van der Waals surface area contributed by atoms with E-state index in [1.54, 1.807) is 11.3 Å². The first kappa shape index (κ1) is 20.0. The lowest BCUT2D eigenvalue weighted by molar-refractivity contribution is 0.435. The second-order valence-electron chi connectivity index (χ2n) is 8.00. The Hall–Kier alpha value is -1.03. The zero-order valence-electron chi connectivity index (χ0n) is 14.8. The fourth-order valence-corrected chi connectivity index (χ4v) is 3.23. The first-order valence-electron chi connectivity index (χ1n) is 7.67. The highest BCUT2D eigenvalue weighted by Crippen LogP contribution is 2.40. The Morgan fingerprint density at radius 1 is 1.04 bits per heavy atom. The van der Waals surface area contributed by atoms with Gasteiger partial charge in [0.2, 0.25) is 0 Å². The molecule has 2 aromatic rings. The number of hydrogen-bond donors (Lipinski definition) is 2. The Morgan fingerprint density at radius 3 is 2.09 bits per heavy atom. The van der Waals surface area contributed by atoms with E-state index in [4.69, 9.17) is 5.73 Å². The van der Waals surface area contributed by atoms with Crippen LogP contribution in [0.1, 0.15) is 69.8 Å². The summed E-state index contributed by atoms with van der Waals surface area (Å²) in [5.41, 5.74) is 10.3. The van der Waals surface area contributed by atoms with Crippen LogP contribution >= 0.6 is 23.7 Å². The summed E-state index contributed by atoms with van der Waals surface area (Å²) in [4.78, 5) is 0. The molecule has 0 aliphatic carbocycles. The molecule has 1 aromatic heterocycles. The minimum atomic E-state index is -0.297. The Kier molecular flexibility index (Phi) is 5.95. The summed E-state index contributed by atoms with van der Waals surface area (Å²) in [6.45, 7) is 12.9. The summed E-state index contributed by atoms with van der Waals surface area (Å²) in [6.07, 6.45) is 0. The van der Waals surface area contributed by atoms with Crippen molar-refractivity contribution in [1.82, 2.24) is 0 Å². The van der Waals surface area contributed by atoms with Crippen LogP contribution in [0, 0.1) is 0 Å². The highest BCUT2D eigenvalue weighted by atomic mass is 35.5. The van der Waals surface area contributed by atoms with Crippen molar-refractivity contribution in [3.63, 3.8) is 0 Å². The lowest BCUT2D eigenvalue weighted by Crippen LogP contribution is -2.20. The summed E-state index contributed by atoms with van der Waals surface area (Å²) >= 11 is 1.63. The maximum atomic E-state index is 10.8. The Morgan fingerprint density at radius 2 is 1.65 bits per heavy atom. The van der Waals surface area contributed by atoms with Crippen molar-refractivity contribution in [3.05, 3.63) is 51.2 Å².